The van der Waals surface area contributed by atoms with Crippen LogP contribution in [-0.4, -0.2) is 33.4 Å². The van der Waals surface area contributed by atoms with Gasteiger partial charge >= 0.3 is 5.97 Å². The Morgan fingerprint density at radius 1 is 1.43 bits per heavy atom. The second kappa shape index (κ2) is 5.46. The van der Waals surface area contributed by atoms with Crippen molar-refractivity contribution in [3.63, 3.8) is 0 Å². The normalized spacial score (nSPS) is 17.4. The topological polar surface area (TPSA) is 70.5 Å². The average molecular weight is 323 g/mol. The van der Waals surface area contributed by atoms with E-state index in [-0.39, 0.29) is 11.1 Å². The predicted molar refractivity (Wildman–Crippen MR) is 78.7 cm³/mol. The number of halogens is 1. The number of thiophene rings is 1. The van der Waals surface area contributed by atoms with Crippen LogP contribution in [0.25, 0.3) is 0 Å². The first kappa shape index (κ1) is 14.0. The van der Waals surface area contributed by atoms with Crippen molar-refractivity contribution in [1.29, 1.82) is 0 Å². The van der Waals surface area contributed by atoms with Gasteiger partial charge in [-0.1, -0.05) is 11.6 Å². The Morgan fingerprint density at radius 3 is 2.95 bits per heavy atom. The van der Waals surface area contributed by atoms with Crippen LogP contribution in [0.2, 0.25) is 5.15 Å². The third kappa shape index (κ3) is 2.52. The molecule has 0 bridgehead atoms. The third-order valence-electron chi connectivity index (χ3n) is 3.43. The standard InChI is InChI=1S/C14H11ClN2O3S/c15-11-7-8(1-4-16-11)13(18)17-5-2-10-9(3-6-21-10)12(17)14(19)20/h1,3-4,6-7,12H,2,5H2,(H,19,20). The number of hydrogen-bond acceptors (Lipinski definition) is 4. The summed E-state index contributed by atoms with van der Waals surface area (Å²) in [5, 5.41) is 11.6. The van der Waals surface area contributed by atoms with E-state index in [1.807, 2.05) is 5.38 Å². The van der Waals surface area contributed by atoms with Crippen LogP contribution >= 0.6 is 22.9 Å². The molecule has 1 aliphatic heterocycles. The number of fused-ring (bicyclic) bond motifs is 1. The molecule has 3 rings (SSSR count). The van der Waals surface area contributed by atoms with Crippen LogP contribution in [0.5, 0.6) is 0 Å². The van der Waals surface area contributed by atoms with E-state index in [4.69, 9.17) is 11.6 Å². The van der Waals surface area contributed by atoms with E-state index in [0.29, 0.717) is 24.1 Å². The number of carbonyl (C=O) groups excluding carboxylic acids is 1. The molecule has 0 aliphatic carbocycles. The molecule has 3 heterocycles. The first-order chi connectivity index (χ1) is 10.1. The highest BCUT2D eigenvalue weighted by molar-refractivity contribution is 7.10. The average Bonchev–Trinajstić information content (AvgIpc) is 2.93. The number of aromatic nitrogens is 1. The molecule has 0 fully saturated rings. The van der Waals surface area contributed by atoms with Crippen LogP contribution < -0.4 is 0 Å². The Bertz CT molecular complexity index is 716. The summed E-state index contributed by atoms with van der Waals surface area (Å²) in [7, 11) is 0. The molecule has 0 saturated heterocycles. The smallest absolute Gasteiger partial charge is 0.331 e. The van der Waals surface area contributed by atoms with Crippen molar-refractivity contribution < 1.29 is 14.7 Å². The van der Waals surface area contributed by atoms with Gasteiger partial charge in [0, 0.05) is 23.2 Å². The Kier molecular flexibility index (Phi) is 3.65. The van der Waals surface area contributed by atoms with Gasteiger partial charge in [-0.25, -0.2) is 9.78 Å². The quantitative estimate of drug-likeness (QED) is 0.863. The highest BCUT2D eigenvalue weighted by Gasteiger charge is 2.36. The van der Waals surface area contributed by atoms with Crippen molar-refractivity contribution in [3.05, 3.63) is 50.9 Å². The summed E-state index contributed by atoms with van der Waals surface area (Å²) in [5.74, 6) is -1.37. The summed E-state index contributed by atoms with van der Waals surface area (Å²) in [4.78, 5) is 30.4. The van der Waals surface area contributed by atoms with Gasteiger partial charge in [0.05, 0.1) is 0 Å². The Hall–Kier alpha value is -1.92. The molecule has 108 valence electrons. The van der Waals surface area contributed by atoms with Crippen molar-refractivity contribution in [2.45, 2.75) is 12.5 Å². The van der Waals surface area contributed by atoms with E-state index in [2.05, 4.69) is 4.98 Å². The van der Waals surface area contributed by atoms with Crippen molar-refractivity contribution in [2.24, 2.45) is 0 Å². The zero-order valence-electron chi connectivity index (χ0n) is 10.8. The number of pyridine rings is 1. The lowest BCUT2D eigenvalue weighted by atomic mass is 9.99. The molecule has 0 saturated carbocycles. The van der Waals surface area contributed by atoms with E-state index >= 15 is 0 Å². The minimum atomic E-state index is -1.03. The largest absolute Gasteiger partial charge is 0.479 e. The summed E-state index contributed by atoms with van der Waals surface area (Å²) in [6.45, 7) is 0.378. The minimum Gasteiger partial charge on any atom is -0.479 e. The van der Waals surface area contributed by atoms with Gasteiger partial charge in [0.15, 0.2) is 6.04 Å². The fraction of sp³-hybridized carbons (Fsp3) is 0.214. The first-order valence-corrected chi connectivity index (χ1v) is 7.55. The van der Waals surface area contributed by atoms with Gasteiger partial charge in [-0.15, -0.1) is 11.3 Å². The number of carboxylic acids is 1. The fourth-order valence-electron chi connectivity index (χ4n) is 2.50. The molecule has 1 atom stereocenters. The van der Waals surface area contributed by atoms with Crippen LogP contribution in [0, 0.1) is 0 Å². The molecule has 1 unspecified atom stereocenters. The van der Waals surface area contributed by atoms with Crippen molar-refractivity contribution in [2.75, 3.05) is 6.54 Å². The summed E-state index contributed by atoms with van der Waals surface area (Å²) in [6.07, 6.45) is 2.10. The van der Waals surface area contributed by atoms with Gasteiger partial charge < -0.3 is 10.0 Å². The number of carbonyl (C=O) groups is 2. The van der Waals surface area contributed by atoms with Gasteiger partial charge in [0.25, 0.3) is 5.91 Å². The minimum absolute atomic E-state index is 0.209. The van der Waals surface area contributed by atoms with Gasteiger partial charge in [0.1, 0.15) is 5.15 Å². The number of aliphatic carboxylic acids is 1. The van der Waals surface area contributed by atoms with Crippen molar-refractivity contribution in [3.8, 4) is 0 Å². The lowest BCUT2D eigenvalue weighted by Crippen LogP contribution is -2.43. The van der Waals surface area contributed by atoms with Gasteiger partial charge in [0.2, 0.25) is 0 Å². The molecule has 1 aliphatic rings. The summed E-state index contributed by atoms with van der Waals surface area (Å²) in [5.41, 5.74) is 1.05. The molecule has 2 aromatic heterocycles. The molecule has 2 aromatic rings. The molecular formula is C14H11ClN2O3S. The van der Waals surface area contributed by atoms with Crippen molar-refractivity contribution >= 4 is 34.8 Å². The predicted octanol–water partition coefficient (Wildman–Crippen LogP) is 2.62. The van der Waals surface area contributed by atoms with Gasteiger partial charge in [-0.05, 0) is 35.6 Å². The number of nitrogens with zero attached hydrogens (tertiary/aromatic N) is 2. The van der Waals surface area contributed by atoms with Crippen LogP contribution in [0.3, 0.4) is 0 Å². The van der Waals surface area contributed by atoms with Gasteiger partial charge in [-0.3, -0.25) is 4.79 Å². The molecule has 0 spiro atoms. The monoisotopic (exact) mass is 322 g/mol. The van der Waals surface area contributed by atoms with E-state index < -0.39 is 12.0 Å². The van der Waals surface area contributed by atoms with Gasteiger partial charge in [-0.2, -0.15) is 0 Å². The second-order valence-electron chi connectivity index (χ2n) is 4.66. The zero-order valence-corrected chi connectivity index (χ0v) is 12.4. The molecule has 0 aromatic carbocycles. The summed E-state index contributed by atoms with van der Waals surface area (Å²) in [6, 6.07) is 3.82. The highest BCUT2D eigenvalue weighted by Crippen LogP contribution is 2.34. The molecule has 1 N–H and O–H groups in total. The number of amides is 1. The maximum absolute atomic E-state index is 12.6. The van der Waals surface area contributed by atoms with Crippen molar-refractivity contribution in [1.82, 2.24) is 9.88 Å². The molecule has 1 amide bonds. The first-order valence-electron chi connectivity index (χ1n) is 6.29. The lowest BCUT2D eigenvalue weighted by molar-refractivity contribution is -0.142. The molecule has 5 nitrogen and oxygen atoms in total. The molecule has 21 heavy (non-hydrogen) atoms. The number of carboxylic acid groups (broad SMARTS) is 1. The maximum Gasteiger partial charge on any atom is 0.331 e. The van der Waals surface area contributed by atoms with E-state index in [1.54, 1.807) is 6.07 Å². The Balaban J connectivity index is 1.98. The Labute approximate surface area is 129 Å². The van der Waals surface area contributed by atoms with E-state index in [0.717, 1.165) is 4.88 Å². The van der Waals surface area contributed by atoms with Crippen LogP contribution in [0.15, 0.2) is 29.8 Å². The fourth-order valence-corrected chi connectivity index (χ4v) is 3.58. The molecular weight excluding hydrogens is 312 g/mol. The molecule has 7 heteroatoms. The Morgan fingerprint density at radius 2 is 2.24 bits per heavy atom. The van der Waals surface area contributed by atoms with E-state index in [9.17, 15) is 14.7 Å². The second-order valence-corrected chi connectivity index (χ2v) is 6.04. The number of hydrogen-bond donors (Lipinski definition) is 1. The summed E-state index contributed by atoms with van der Waals surface area (Å²) < 4.78 is 0. The maximum atomic E-state index is 12.6. The lowest BCUT2D eigenvalue weighted by Gasteiger charge is -2.33. The van der Waals surface area contributed by atoms with Crippen LogP contribution in [-0.2, 0) is 11.2 Å². The third-order valence-corrected chi connectivity index (χ3v) is 4.64. The summed E-state index contributed by atoms with van der Waals surface area (Å²) >= 11 is 7.32. The van der Waals surface area contributed by atoms with Crippen LogP contribution in [0.1, 0.15) is 26.8 Å². The SMILES string of the molecule is O=C(O)C1c2ccsc2CCN1C(=O)c1ccnc(Cl)c1. The number of rotatable bonds is 2. The zero-order chi connectivity index (χ0) is 15.0. The van der Waals surface area contributed by atoms with Crippen LogP contribution in [0.4, 0.5) is 0 Å². The molecule has 0 radical (unpaired) electrons. The highest BCUT2D eigenvalue weighted by atomic mass is 35.5. The van der Waals surface area contributed by atoms with E-state index in [1.165, 1.54) is 34.6 Å².